The molecule has 1 aromatic carbocycles. The predicted molar refractivity (Wildman–Crippen MR) is 81.4 cm³/mol. The molecule has 19 heavy (non-hydrogen) atoms. The molecule has 2 aromatic rings. The Morgan fingerprint density at radius 3 is 2.79 bits per heavy atom. The first kappa shape index (κ1) is 12.7. The highest BCUT2D eigenvalue weighted by Gasteiger charge is 2.23. The van der Waals surface area contributed by atoms with E-state index in [0.29, 0.717) is 12.0 Å². The summed E-state index contributed by atoms with van der Waals surface area (Å²) < 4.78 is 0. The molecule has 102 valence electrons. The van der Waals surface area contributed by atoms with E-state index in [4.69, 9.17) is 5.73 Å². The first-order chi connectivity index (χ1) is 9.16. The minimum atomic E-state index is 0.394. The second-order valence-electron chi connectivity index (χ2n) is 6.16. The van der Waals surface area contributed by atoms with Crippen molar-refractivity contribution < 1.29 is 0 Å². The van der Waals surface area contributed by atoms with Gasteiger partial charge in [-0.3, -0.25) is 0 Å². The minimum Gasteiger partial charge on any atom is -0.361 e. The third kappa shape index (κ3) is 2.30. The molecule has 0 saturated heterocycles. The standard InChI is InChI=1S/C17H24N2/c1-11-7-8-15-14(10-19-17(15)12(11)2)9-13-5-3-4-6-16(13)18/h7-8,10,13,16,19H,3-6,9,18H2,1-2H3. The number of nitrogens with two attached hydrogens (primary N) is 1. The van der Waals surface area contributed by atoms with Gasteiger partial charge in [0.25, 0.3) is 0 Å². The van der Waals surface area contributed by atoms with Crippen LogP contribution in [0.3, 0.4) is 0 Å². The summed E-state index contributed by atoms with van der Waals surface area (Å²) in [6.07, 6.45) is 8.47. The average Bonchev–Trinajstić information content (AvgIpc) is 2.81. The Kier molecular flexibility index (Phi) is 3.36. The van der Waals surface area contributed by atoms with E-state index in [2.05, 4.69) is 37.2 Å². The Morgan fingerprint density at radius 1 is 1.21 bits per heavy atom. The van der Waals surface area contributed by atoms with Gasteiger partial charge in [-0.05, 0) is 55.7 Å². The van der Waals surface area contributed by atoms with E-state index in [9.17, 15) is 0 Å². The van der Waals surface area contributed by atoms with Gasteiger partial charge in [0.2, 0.25) is 0 Å². The number of fused-ring (bicyclic) bond motifs is 1. The van der Waals surface area contributed by atoms with Gasteiger partial charge in [-0.15, -0.1) is 0 Å². The van der Waals surface area contributed by atoms with Crippen molar-refractivity contribution >= 4 is 10.9 Å². The first-order valence-electron chi connectivity index (χ1n) is 7.48. The lowest BCUT2D eigenvalue weighted by molar-refractivity contribution is 0.307. The molecule has 0 amide bonds. The highest BCUT2D eigenvalue weighted by Crippen LogP contribution is 2.30. The third-order valence-electron chi connectivity index (χ3n) is 4.92. The fraction of sp³-hybridized carbons (Fsp3) is 0.529. The van der Waals surface area contributed by atoms with Crippen LogP contribution in [0.25, 0.3) is 10.9 Å². The van der Waals surface area contributed by atoms with Gasteiger partial charge >= 0.3 is 0 Å². The molecule has 1 aromatic heterocycles. The second kappa shape index (κ2) is 5.01. The first-order valence-corrected chi connectivity index (χ1v) is 7.48. The van der Waals surface area contributed by atoms with Gasteiger partial charge in [0.1, 0.15) is 0 Å². The van der Waals surface area contributed by atoms with Crippen LogP contribution in [0.1, 0.15) is 42.4 Å². The molecule has 3 rings (SSSR count). The summed E-state index contributed by atoms with van der Waals surface area (Å²) in [6, 6.07) is 4.89. The predicted octanol–water partition coefficient (Wildman–Crippen LogP) is 3.84. The molecule has 0 aliphatic heterocycles. The monoisotopic (exact) mass is 256 g/mol. The smallest absolute Gasteiger partial charge is 0.0489 e. The molecule has 2 unspecified atom stereocenters. The molecular formula is C17H24N2. The molecule has 1 fully saturated rings. The van der Waals surface area contributed by atoms with E-state index >= 15 is 0 Å². The van der Waals surface area contributed by atoms with Crippen LogP contribution in [0.4, 0.5) is 0 Å². The zero-order valence-electron chi connectivity index (χ0n) is 12.0. The summed E-state index contributed by atoms with van der Waals surface area (Å²) in [5.74, 6) is 0.661. The number of aromatic amines is 1. The van der Waals surface area contributed by atoms with Gasteiger partial charge in [-0.2, -0.15) is 0 Å². The lowest BCUT2D eigenvalue weighted by Gasteiger charge is -2.28. The van der Waals surface area contributed by atoms with Crippen LogP contribution in [0, 0.1) is 19.8 Å². The van der Waals surface area contributed by atoms with E-state index in [1.54, 1.807) is 0 Å². The van der Waals surface area contributed by atoms with Gasteiger partial charge in [0.05, 0.1) is 0 Å². The summed E-state index contributed by atoms with van der Waals surface area (Å²) in [7, 11) is 0. The van der Waals surface area contributed by atoms with Crippen LogP contribution in [-0.2, 0) is 6.42 Å². The van der Waals surface area contributed by atoms with Gasteiger partial charge < -0.3 is 10.7 Å². The zero-order valence-corrected chi connectivity index (χ0v) is 12.0. The summed E-state index contributed by atoms with van der Waals surface area (Å²) in [5, 5.41) is 1.39. The number of rotatable bonds is 2. The average molecular weight is 256 g/mol. The van der Waals surface area contributed by atoms with E-state index in [-0.39, 0.29) is 0 Å². The lowest BCUT2D eigenvalue weighted by Crippen LogP contribution is -2.34. The molecular weight excluding hydrogens is 232 g/mol. The molecule has 1 aliphatic rings. The summed E-state index contributed by atoms with van der Waals surface area (Å²) in [4.78, 5) is 3.46. The number of nitrogens with one attached hydrogen (secondary N) is 1. The van der Waals surface area contributed by atoms with Crippen molar-refractivity contribution in [1.29, 1.82) is 0 Å². The Hall–Kier alpha value is -1.28. The van der Waals surface area contributed by atoms with E-state index in [1.807, 2.05) is 0 Å². The highest BCUT2D eigenvalue weighted by molar-refractivity contribution is 5.86. The van der Waals surface area contributed by atoms with Crippen molar-refractivity contribution in [3.8, 4) is 0 Å². The van der Waals surface area contributed by atoms with Gasteiger partial charge in [-0.25, -0.2) is 0 Å². The zero-order chi connectivity index (χ0) is 13.4. The fourth-order valence-corrected chi connectivity index (χ4v) is 3.45. The van der Waals surface area contributed by atoms with Crippen LogP contribution in [0.5, 0.6) is 0 Å². The molecule has 1 heterocycles. The third-order valence-corrected chi connectivity index (χ3v) is 4.92. The Labute approximate surface area is 115 Å². The molecule has 2 atom stereocenters. The molecule has 1 aliphatic carbocycles. The number of hydrogen-bond acceptors (Lipinski definition) is 1. The Morgan fingerprint density at radius 2 is 2.00 bits per heavy atom. The highest BCUT2D eigenvalue weighted by atomic mass is 14.7. The number of benzene rings is 1. The van der Waals surface area contributed by atoms with Gasteiger partial charge in [0.15, 0.2) is 0 Å². The quantitative estimate of drug-likeness (QED) is 0.842. The normalized spacial score (nSPS) is 23.9. The molecule has 0 radical (unpaired) electrons. The largest absolute Gasteiger partial charge is 0.361 e. The maximum Gasteiger partial charge on any atom is 0.0489 e. The molecule has 1 saturated carbocycles. The second-order valence-corrected chi connectivity index (χ2v) is 6.16. The van der Waals surface area contributed by atoms with Crippen LogP contribution >= 0.6 is 0 Å². The van der Waals surface area contributed by atoms with E-state index in [0.717, 1.165) is 6.42 Å². The maximum atomic E-state index is 6.28. The summed E-state index contributed by atoms with van der Waals surface area (Å²) >= 11 is 0. The van der Waals surface area contributed by atoms with Crippen molar-refractivity contribution in [3.05, 3.63) is 35.0 Å². The van der Waals surface area contributed by atoms with Crippen molar-refractivity contribution in [3.63, 3.8) is 0 Å². The van der Waals surface area contributed by atoms with Gasteiger partial charge in [-0.1, -0.05) is 25.0 Å². The molecule has 2 heteroatoms. The van der Waals surface area contributed by atoms with Crippen LogP contribution in [-0.4, -0.2) is 11.0 Å². The van der Waals surface area contributed by atoms with Crippen molar-refractivity contribution in [2.75, 3.05) is 0 Å². The van der Waals surface area contributed by atoms with E-state index in [1.165, 1.54) is 53.3 Å². The number of hydrogen-bond donors (Lipinski definition) is 2. The summed E-state index contributed by atoms with van der Waals surface area (Å²) in [5.41, 5.74) is 11.8. The van der Waals surface area contributed by atoms with Crippen LogP contribution < -0.4 is 5.73 Å². The van der Waals surface area contributed by atoms with Crippen LogP contribution in [0.2, 0.25) is 0 Å². The molecule has 2 nitrogen and oxygen atoms in total. The Balaban J connectivity index is 1.91. The fourth-order valence-electron chi connectivity index (χ4n) is 3.45. The minimum absolute atomic E-state index is 0.394. The maximum absolute atomic E-state index is 6.28. The van der Waals surface area contributed by atoms with Crippen molar-refractivity contribution in [2.45, 2.75) is 52.0 Å². The number of aryl methyl sites for hydroxylation is 2. The lowest BCUT2D eigenvalue weighted by atomic mass is 9.81. The molecule has 0 bridgehead atoms. The summed E-state index contributed by atoms with van der Waals surface area (Å²) in [6.45, 7) is 4.37. The van der Waals surface area contributed by atoms with Crippen molar-refractivity contribution in [2.24, 2.45) is 11.7 Å². The number of H-pyrrole nitrogens is 1. The SMILES string of the molecule is Cc1ccc2c(CC3CCCCC3N)c[nH]c2c1C. The van der Waals surface area contributed by atoms with Gasteiger partial charge in [0, 0.05) is 23.1 Å². The molecule has 0 spiro atoms. The number of aromatic nitrogens is 1. The molecule has 3 N–H and O–H groups in total. The van der Waals surface area contributed by atoms with E-state index < -0.39 is 0 Å². The topological polar surface area (TPSA) is 41.8 Å². The Bertz CT molecular complexity index is 582. The van der Waals surface area contributed by atoms with Crippen LogP contribution in [0.15, 0.2) is 18.3 Å². The van der Waals surface area contributed by atoms with Crippen molar-refractivity contribution in [1.82, 2.24) is 4.98 Å².